The van der Waals surface area contributed by atoms with Crippen molar-refractivity contribution in [1.82, 2.24) is 14.5 Å². The van der Waals surface area contributed by atoms with Crippen molar-refractivity contribution in [3.8, 4) is 22.5 Å². The molecule has 1 atom stereocenters. The lowest BCUT2D eigenvalue weighted by atomic mass is 10.0. The van der Waals surface area contributed by atoms with Gasteiger partial charge in [0.05, 0.1) is 36.1 Å². The second-order valence-electron chi connectivity index (χ2n) is 7.71. The summed E-state index contributed by atoms with van der Waals surface area (Å²) in [4.78, 5) is 31.3. The zero-order valence-electron chi connectivity index (χ0n) is 17.4. The van der Waals surface area contributed by atoms with Crippen LogP contribution in [0.2, 0.25) is 0 Å². The summed E-state index contributed by atoms with van der Waals surface area (Å²) in [5.41, 5.74) is 0.902. The van der Waals surface area contributed by atoms with Crippen molar-refractivity contribution in [1.29, 1.82) is 0 Å². The Kier molecular flexibility index (Phi) is 5.33. The number of furan rings is 1. The third kappa shape index (κ3) is 3.90. The van der Waals surface area contributed by atoms with E-state index in [1.165, 1.54) is 65.8 Å². The molecule has 174 valence electrons. The largest absolute Gasteiger partial charge is 0.458 e. The number of halogens is 3. The summed E-state index contributed by atoms with van der Waals surface area (Å²) in [7, 11) is 0. The van der Waals surface area contributed by atoms with E-state index in [2.05, 4.69) is 15.3 Å². The first kappa shape index (κ1) is 21.7. The molecule has 1 saturated heterocycles. The average Bonchev–Trinajstić information content (AvgIpc) is 3.51. The first-order chi connectivity index (χ1) is 16.3. The third-order valence-corrected chi connectivity index (χ3v) is 5.46. The van der Waals surface area contributed by atoms with Crippen LogP contribution in [-0.4, -0.2) is 39.6 Å². The molecule has 0 radical (unpaired) electrons. The van der Waals surface area contributed by atoms with E-state index < -0.39 is 35.9 Å². The van der Waals surface area contributed by atoms with Crippen molar-refractivity contribution in [3.05, 3.63) is 83.2 Å². The molecular weight excluding hydrogens is 453 g/mol. The molecule has 11 heteroatoms. The lowest BCUT2D eigenvalue weighted by molar-refractivity contribution is -0.0320. The fourth-order valence-corrected chi connectivity index (χ4v) is 3.87. The minimum Gasteiger partial charge on any atom is -0.458 e. The minimum atomic E-state index is -3.17. The number of nitrogens with one attached hydrogen (secondary N) is 2. The van der Waals surface area contributed by atoms with Crippen LogP contribution in [0.3, 0.4) is 0 Å². The van der Waals surface area contributed by atoms with Gasteiger partial charge in [-0.25, -0.2) is 18.2 Å². The highest BCUT2D eigenvalue weighted by Gasteiger charge is 2.47. The van der Waals surface area contributed by atoms with E-state index in [4.69, 9.17) is 9.15 Å². The summed E-state index contributed by atoms with van der Waals surface area (Å²) >= 11 is 0. The van der Waals surface area contributed by atoms with Crippen LogP contribution in [0.5, 0.6) is 0 Å². The molecule has 1 amide bonds. The Morgan fingerprint density at radius 2 is 2.00 bits per heavy atom. The smallest absolute Gasteiger partial charge is 0.293 e. The number of carbonyl (C=O) groups excluding carboxylic acids is 1. The van der Waals surface area contributed by atoms with Crippen molar-refractivity contribution in [2.75, 3.05) is 18.5 Å². The van der Waals surface area contributed by atoms with E-state index in [0.29, 0.717) is 5.56 Å². The van der Waals surface area contributed by atoms with Crippen molar-refractivity contribution in [2.45, 2.75) is 12.0 Å². The van der Waals surface area contributed by atoms with Crippen molar-refractivity contribution in [3.63, 3.8) is 0 Å². The number of anilines is 1. The highest BCUT2D eigenvalue weighted by molar-refractivity contribution is 6.07. The summed E-state index contributed by atoms with van der Waals surface area (Å²) in [5.74, 6) is -4.51. The number of aromatic nitrogens is 3. The van der Waals surface area contributed by atoms with Crippen LogP contribution in [0.25, 0.3) is 22.5 Å². The molecule has 3 aromatic heterocycles. The lowest BCUT2D eigenvalue weighted by Crippen LogP contribution is -2.29. The fourth-order valence-electron chi connectivity index (χ4n) is 3.87. The number of pyridine rings is 1. The summed E-state index contributed by atoms with van der Waals surface area (Å²) in [5, 5.41) is 2.55. The number of aromatic amines is 1. The van der Waals surface area contributed by atoms with E-state index in [1.54, 1.807) is 0 Å². The van der Waals surface area contributed by atoms with Gasteiger partial charge in [0.25, 0.3) is 11.8 Å². The van der Waals surface area contributed by atoms with Gasteiger partial charge < -0.3 is 24.0 Å². The van der Waals surface area contributed by atoms with Crippen molar-refractivity contribution in [2.24, 2.45) is 0 Å². The predicted molar refractivity (Wildman–Crippen MR) is 115 cm³/mol. The standard InChI is InChI=1S/C23H17F3N4O4/c24-14-3-1-13(2-4-14)19-20(30(12-28-19)17-10-33-11-23(17,25)26)16-6-8-34-21(16)22(32)29-15-5-7-27-18(31)9-15/h1-9,12,17H,10-11H2,(H2,27,29,31,32). The Bertz CT molecular complexity index is 1410. The molecule has 1 aliphatic heterocycles. The maximum absolute atomic E-state index is 14.6. The van der Waals surface area contributed by atoms with Gasteiger partial charge in [-0.2, -0.15) is 0 Å². The predicted octanol–water partition coefficient (Wildman–Crippen LogP) is 4.10. The fraction of sp³-hybridized carbons (Fsp3) is 0.174. The van der Waals surface area contributed by atoms with E-state index in [-0.39, 0.29) is 35.0 Å². The molecule has 1 unspecified atom stereocenters. The van der Waals surface area contributed by atoms with Crippen LogP contribution >= 0.6 is 0 Å². The van der Waals surface area contributed by atoms with Gasteiger partial charge >= 0.3 is 0 Å². The van der Waals surface area contributed by atoms with E-state index in [9.17, 15) is 22.8 Å². The average molecular weight is 470 g/mol. The number of ether oxygens (including phenoxy) is 1. The van der Waals surface area contributed by atoms with Crippen LogP contribution in [0.15, 0.2) is 70.5 Å². The van der Waals surface area contributed by atoms with Gasteiger partial charge in [-0.15, -0.1) is 0 Å². The number of H-pyrrole nitrogens is 1. The first-order valence-corrected chi connectivity index (χ1v) is 10.2. The highest BCUT2D eigenvalue weighted by atomic mass is 19.3. The third-order valence-electron chi connectivity index (χ3n) is 5.46. The number of benzene rings is 1. The molecule has 1 aliphatic rings. The summed E-state index contributed by atoms with van der Waals surface area (Å²) in [6.45, 7) is -1.01. The van der Waals surface area contributed by atoms with Crippen LogP contribution < -0.4 is 10.9 Å². The van der Waals surface area contributed by atoms with E-state index >= 15 is 0 Å². The first-order valence-electron chi connectivity index (χ1n) is 10.2. The normalized spacial score (nSPS) is 17.1. The van der Waals surface area contributed by atoms with E-state index in [1.807, 2.05) is 0 Å². The summed E-state index contributed by atoms with van der Waals surface area (Å²) < 4.78 is 54.4. The monoisotopic (exact) mass is 470 g/mol. The number of amides is 1. The molecule has 34 heavy (non-hydrogen) atoms. The molecule has 8 nitrogen and oxygen atoms in total. The van der Waals surface area contributed by atoms with Crippen LogP contribution in [0.1, 0.15) is 16.6 Å². The molecule has 0 aliphatic carbocycles. The second kappa shape index (κ2) is 8.34. The molecule has 0 spiro atoms. The highest BCUT2D eigenvalue weighted by Crippen LogP contribution is 2.42. The van der Waals surface area contributed by atoms with Gasteiger partial charge in [0.15, 0.2) is 0 Å². The molecule has 5 rings (SSSR count). The van der Waals surface area contributed by atoms with Crippen LogP contribution in [0, 0.1) is 5.82 Å². The van der Waals surface area contributed by atoms with E-state index in [0.717, 1.165) is 0 Å². The molecule has 1 aromatic carbocycles. The lowest BCUT2D eigenvalue weighted by Gasteiger charge is -2.21. The molecule has 1 fully saturated rings. The number of nitrogens with zero attached hydrogens (tertiary/aromatic N) is 2. The molecule has 0 saturated carbocycles. The van der Waals surface area contributed by atoms with Gasteiger partial charge in [0.1, 0.15) is 18.5 Å². The topological polar surface area (TPSA) is 102 Å². The van der Waals surface area contributed by atoms with Gasteiger partial charge in [0.2, 0.25) is 11.3 Å². The zero-order valence-corrected chi connectivity index (χ0v) is 17.4. The maximum atomic E-state index is 14.6. The Balaban J connectivity index is 1.62. The molecular formula is C23H17F3N4O4. The Morgan fingerprint density at radius 1 is 1.21 bits per heavy atom. The molecule has 4 heterocycles. The Morgan fingerprint density at radius 3 is 2.71 bits per heavy atom. The van der Waals surface area contributed by atoms with Gasteiger partial charge in [0, 0.05) is 23.5 Å². The van der Waals surface area contributed by atoms with Gasteiger partial charge in [-0.05, 0) is 36.4 Å². The number of carbonyl (C=O) groups is 1. The second-order valence-corrected chi connectivity index (χ2v) is 7.71. The number of alkyl halides is 2. The zero-order chi connectivity index (χ0) is 23.9. The molecule has 2 N–H and O–H groups in total. The van der Waals surface area contributed by atoms with Gasteiger partial charge in [-0.3, -0.25) is 9.59 Å². The number of hydrogen-bond acceptors (Lipinski definition) is 5. The maximum Gasteiger partial charge on any atom is 0.293 e. The van der Waals surface area contributed by atoms with Crippen LogP contribution in [0.4, 0.5) is 18.9 Å². The summed E-state index contributed by atoms with van der Waals surface area (Å²) in [6.07, 6.45) is 3.86. The van der Waals surface area contributed by atoms with Gasteiger partial charge in [-0.1, -0.05) is 0 Å². The van der Waals surface area contributed by atoms with Crippen LogP contribution in [-0.2, 0) is 4.74 Å². The number of hydrogen-bond donors (Lipinski definition) is 2. The van der Waals surface area contributed by atoms with Crippen molar-refractivity contribution < 1.29 is 27.1 Å². The van der Waals surface area contributed by atoms with Crippen molar-refractivity contribution >= 4 is 11.6 Å². The Labute approximate surface area is 190 Å². The number of rotatable bonds is 5. The SMILES string of the molecule is O=C(Nc1cc[nH]c(=O)c1)c1occc1-c1c(-c2ccc(F)cc2)ncn1C1COCC1(F)F. The number of imidazole rings is 1. The quantitative estimate of drug-likeness (QED) is 0.457. The molecule has 4 aromatic rings. The molecule has 0 bridgehead atoms. The summed E-state index contributed by atoms with van der Waals surface area (Å²) in [6, 6.07) is 8.12. The minimum absolute atomic E-state index is 0.173. The Hall–Kier alpha value is -4.12.